The van der Waals surface area contributed by atoms with Crippen molar-refractivity contribution in [2.24, 2.45) is 5.73 Å². The van der Waals surface area contributed by atoms with E-state index in [0.29, 0.717) is 12.3 Å². The van der Waals surface area contributed by atoms with Crippen LogP contribution in [-0.2, 0) is 0 Å². The molecule has 1 aromatic carbocycles. The minimum absolute atomic E-state index is 0.338. The lowest BCUT2D eigenvalue weighted by Gasteiger charge is -2.09. The number of aromatic hydroxyl groups is 1. The first-order valence-electron chi connectivity index (χ1n) is 6.39. The van der Waals surface area contributed by atoms with Gasteiger partial charge in [0.05, 0.1) is 0 Å². The molecule has 1 rings (SSSR count). The summed E-state index contributed by atoms with van der Waals surface area (Å²) in [5, 5.41) is 19.2. The summed E-state index contributed by atoms with van der Waals surface area (Å²) in [7, 11) is 0. The Morgan fingerprint density at radius 2 is 1.72 bits per heavy atom. The lowest BCUT2D eigenvalue weighted by molar-refractivity contribution is 0.471. The van der Waals surface area contributed by atoms with Crippen molar-refractivity contribution in [1.82, 2.24) is 10.6 Å². The summed E-state index contributed by atoms with van der Waals surface area (Å²) < 4.78 is 0. The number of hydrogen-bond donors (Lipinski definition) is 5. The van der Waals surface area contributed by atoms with Gasteiger partial charge in [0.2, 0.25) is 0 Å². The van der Waals surface area contributed by atoms with E-state index >= 15 is 0 Å². The van der Waals surface area contributed by atoms with E-state index in [1.165, 1.54) is 0 Å². The summed E-state index contributed by atoms with van der Waals surface area (Å²) in [5.74, 6) is 0.338. The minimum Gasteiger partial charge on any atom is -0.508 e. The molecule has 0 amide bonds. The van der Waals surface area contributed by atoms with Crippen molar-refractivity contribution in [3.05, 3.63) is 23.8 Å². The predicted octanol–water partition coefficient (Wildman–Crippen LogP) is 0.250. The number of nitrogens with one attached hydrogen (secondary N) is 3. The molecule has 18 heavy (non-hydrogen) atoms. The molecule has 0 aliphatic heterocycles. The standard InChI is InChI=1S/C13H24N4O/c1-11-10-12(2-3-13(11)18)17-9-8-16-7-6-15-5-4-14/h2-3,10,15-18H,4-9,14H2,1H3. The number of nitrogens with two attached hydrogens (primary N) is 1. The van der Waals surface area contributed by atoms with Gasteiger partial charge in [0.15, 0.2) is 0 Å². The second-order valence-electron chi connectivity index (χ2n) is 4.22. The fourth-order valence-electron chi connectivity index (χ4n) is 1.59. The number of rotatable bonds is 9. The highest BCUT2D eigenvalue weighted by Gasteiger charge is 1.97. The van der Waals surface area contributed by atoms with Crippen LogP contribution in [0.3, 0.4) is 0 Å². The van der Waals surface area contributed by atoms with E-state index in [1.54, 1.807) is 6.07 Å². The van der Waals surface area contributed by atoms with Gasteiger partial charge >= 0.3 is 0 Å². The number of benzene rings is 1. The molecule has 5 heteroatoms. The first kappa shape index (κ1) is 14.8. The van der Waals surface area contributed by atoms with Crippen LogP contribution in [0.2, 0.25) is 0 Å². The van der Waals surface area contributed by atoms with Gasteiger partial charge in [0.1, 0.15) is 5.75 Å². The highest BCUT2D eigenvalue weighted by atomic mass is 16.3. The summed E-state index contributed by atoms with van der Waals surface area (Å²) in [5.41, 5.74) is 7.29. The lowest BCUT2D eigenvalue weighted by Crippen LogP contribution is -2.32. The summed E-state index contributed by atoms with van der Waals surface area (Å²) in [6.07, 6.45) is 0. The average Bonchev–Trinajstić information content (AvgIpc) is 2.37. The maximum atomic E-state index is 9.40. The van der Waals surface area contributed by atoms with E-state index in [4.69, 9.17) is 5.73 Å². The Balaban J connectivity index is 2.05. The molecule has 0 saturated carbocycles. The van der Waals surface area contributed by atoms with E-state index in [-0.39, 0.29) is 0 Å². The molecule has 0 spiro atoms. The summed E-state index contributed by atoms with van der Waals surface area (Å²) in [6.45, 7) is 7.09. The maximum absolute atomic E-state index is 9.40. The van der Waals surface area contributed by atoms with Gasteiger partial charge in [-0.1, -0.05) is 0 Å². The van der Waals surface area contributed by atoms with Crippen LogP contribution in [0, 0.1) is 6.92 Å². The second-order valence-corrected chi connectivity index (χ2v) is 4.22. The normalized spacial score (nSPS) is 10.6. The number of phenolic OH excluding ortho intramolecular Hbond substituents is 1. The molecular weight excluding hydrogens is 228 g/mol. The van der Waals surface area contributed by atoms with Crippen molar-refractivity contribution in [3.63, 3.8) is 0 Å². The molecule has 0 heterocycles. The zero-order chi connectivity index (χ0) is 13.2. The highest BCUT2D eigenvalue weighted by molar-refractivity contribution is 5.50. The van der Waals surface area contributed by atoms with Gasteiger partial charge in [-0.05, 0) is 30.7 Å². The van der Waals surface area contributed by atoms with Crippen LogP contribution in [0.1, 0.15) is 5.56 Å². The number of anilines is 1. The quantitative estimate of drug-likeness (QED) is 0.321. The topological polar surface area (TPSA) is 82.3 Å². The third kappa shape index (κ3) is 5.86. The van der Waals surface area contributed by atoms with Crippen molar-refractivity contribution < 1.29 is 5.11 Å². The van der Waals surface area contributed by atoms with Crippen molar-refractivity contribution >= 4 is 5.69 Å². The van der Waals surface area contributed by atoms with Crippen LogP contribution in [0.4, 0.5) is 5.69 Å². The van der Waals surface area contributed by atoms with E-state index in [1.807, 2.05) is 19.1 Å². The molecule has 102 valence electrons. The second kappa shape index (κ2) is 8.74. The summed E-state index contributed by atoms with van der Waals surface area (Å²) in [4.78, 5) is 0. The molecular formula is C13H24N4O. The van der Waals surface area contributed by atoms with Crippen molar-refractivity contribution in [3.8, 4) is 5.75 Å². The molecule has 0 aromatic heterocycles. The van der Waals surface area contributed by atoms with E-state index in [0.717, 1.165) is 44.0 Å². The molecule has 0 radical (unpaired) electrons. The maximum Gasteiger partial charge on any atom is 0.118 e. The predicted molar refractivity (Wildman–Crippen MR) is 76.1 cm³/mol. The van der Waals surface area contributed by atoms with E-state index < -0.39 is 0 Å². The SMILES string of the molecule is Cc1cc(NCCNCCNCCN)ccc1O. The fraction of sp³-hybridized carbons (Fsp3) is 0.538. The third-order valence-electron chi connectivity index (χ3n) is 2.63. The number of aryl methyl sites for hydroxylation is 1. The van der Waals surface area contributed by atoms with Crippen LogP contribution in [0.25, 0.3) is 0 Å². The number of phenols is 1. The molecule has 0 fully saturated rings. The third-order valence-corrected chi connectivity index (χ3v) is 2.63. The Hall–Kier alpha value is -1.30. The van der Waals surface area contributed by atoms with Gasteiger partial charge in [-0.3, -0.25) is 0 Å². The first-order valence-corrected chi connectivity index (χ1v) is 6.39. The van der Waals surface area contributed by atoms with Gasteiger partial charge in [-0.15, -0.1) is 0 Å². The van der Waals surface area contributed by atoms with Crippen molar-refractivity contribution in [2.45, 2.75) is 6.92 Å². The zero-order valence-electron chi connectivity index (χ0n) is 11.0. The fourth-order valence-corrected chi connectivity index (χ4v) is 1.59. The molecule has 0 aliphatic carbocycles. The molecule has 6 N–H and O–H groups in total. The lowest BCUT2D eigenvalue weighted by atomic mass is 10.2. The summed E-state index contributed by atoms with van der Waals surface area (Å²) in [6, 6.07) is 5.53. The van der Waals surface area contributed by atoms with Gasteiger partial charge < -0.3 is 26.8 Å². The molecule has 0 atom stereocenters. The molecule has 1 aromatic rings. The zero-order valence-corrected chi connectivity index (χ0v) is 11.0. The Kier molecular flexibility index (Phi) is 7.17. The Morgan fingerprint density at radius 3 is 2.39 bits per heavy atom. The Bertz CT molecular complexity index is 344. The van der Waals surface area contributed by atoms with Gasteiger partial charge in [-0.2, -0.15) is 0 Å². The monoisotopic (exact) mass is 252 g/mol. The Labute approximate surface area is 109 Å². The van der Waals surface area contributed by atoms with Crippen LogP contribution in [0.5, 0.6) is 5.75 Å². The van der Waals surface area contributed by atoms with Crippen LogP contribution in [-0.4, -0.2) is 44.4 Å². The van der Waals surface area contributed by atoms with E-state index in [2.05, 4.69) is 16.0 Å². The Morgan fingerprint density at radius 1 is 1.06 bits per heavy atom. The van der Waals surface area contributed by atoms with Crippen molar-refractivity contribution in [2.75, 3.05) is 44.6 Å². The minimum atomic E-state index is 0.338. The molecule has 0 unspecified atom stereocenters. The first-order chi connectivity index (χ1) is 8.74. The molecule has 0 bridgehead atoms. The van der Waals surface area contributed by atoms with Gasteiger partial charge in [0.25, 0.3) is 0 Å². The van der Waals surface area contributed by atoms with Crippen LogP contribution in [0.15, 0.2) is 18.2 Å². The van der Waals surface area contributed by atoms with E-state index in [9.17, 15) is 5.11 Å². The van der Waals surface area contributed by atoms with Crippen LogP contribution < -0.4 is 21.7 Å². The largest absolute Gasteiger partial charge is 0.508 e. The summed E-state index contributed by atoms with van der Waals surface area (Å²) >= 11 is 0. The molecule has 5 nitrogen and oxygen atoms in total. The number of hydrogen-bond acceptors (Lipinski definition) is 5. The highest BCUT2D eigenvalue weighted by Crippen LogP contribution is 2.19. The van der Waals surface area contributed by atoms with Gasteiger partial charge in [-0.25, -0.2) is 0 Å². The molecule has 0 aliphatic rings. The average molecular weight is 252 g/mol. The van der Waals surface area contributed by atoms with Crippen LogP contribution >= 0.6 is 0 Å². The van der Waals surface area contributed by atoms with Gasteiger partial charge in [0, 0.05) is 45.0 Å². The smallest absolute Gasteiger partial charge is 0.118 e. The van der Waals surface area contributed by atoms with Crippen molar-refractivity contribution in [1.29, 1.82) is 0 Å². The molecule has 0 saturated heterocycles.